The highest BCUT2D eigenvalue weighted by Gasteiger charge is 2.49. The van der Waals surface area contributed by atoms with E-state index >= 15 is 0 Å². The highest BCUT2D eigenvalue weighted by Crippen LogP contribution is 2.52. The molecule has 136 valence electrons. The van der Waals surface area contributed by atoms with Gasteiger partial charge in [-0.1, -0.05) is 5.21 Å². The van der Waals surface area contributed by atoms with E-state index in [2.05, 4.69) is 15.3 Å². The molecule has 0 radical (unpaired) electrons. The molecule has 0 bridgehead atoms. The Kier molecular flexibility index (Phi) is 3.95. The van der Waals surface area contributed by atoms with Gasteiger partial charge in [0.2, 0.25) is 0 Å². The predicted molar refractivity (Wildman–Crippen MR) is 87.3 cm³/mol. The summed E-state index contributed by atoms with van der Waals surface area (Å²) in [6.07, 6.45) is 3.29. The summed E-state index contributed by atoms with van der Waals surface area (Å²) in [4.78, 5) is 26.2. The van der Waals surface area contributed by atoms with Crippen LogP contribution < -0.4 is 0 Å². The summed E-state index contributed by atoms with van der Waals surface area (Å²) in [5.74, 6) is -1.21. The summed E-state index contributed by atoms with van der Waals surface area (Å²) < 4.78 is 1.52. The number of fused-ring (bicyclic) bond motifs is 2. The highest BCUT2D eigenvalue weighted by molar-refractivity contribution is 5.90. The molecule has 1 saturated carbocycles. The first-order valence-electron chi connectivity index (χ1n) is 8.53. The van der Waals surface area contributed by atoms with Gasteiger partial charge in [0.05, 0.1) is 17.1 Å². The third-order valence-corrected chi connectivity index (χ3v) is 5.49. The lowest BCUT2D eigenvalue weighted by molar-refractivity contribution is 0.0685. The molecule has 0 spiro atoms. The monoisotopic (exact) mass is 358 g/mol. The number of nitrogens with zero attached hydrogens (tertiary/aromatic N) is 4. The number of aromatic carboxylic acids is 2. The van der Waals surface area contributed by atoms with E-state index < -0.39 is 11.9 Å². The average molecular weight is 358 g/mol. The Hall–Kier alpha value is -2.81. The van der Waals surface area contributed by atoms with Crippen molar-refractivity contribution in [3.63, 3.8) is 0 Å². The van der Waals surface area contributed by atoms with Crippen LogP contribution in [0.5, 0.6) is 0 Å². The van der Waals surface area contributed by atoms with Crippen LogP contribution in [0.2, 0.25) is 0 Å². The molecule has 3 unspecified atom stereocenters. The largest absolute Gasteiger partial charge is 0.477 e. The summed E-state index contributed by atoms with van der Waals surface area (Å²) in [7, 11) is 0. The quantitative estimate of drug-likeness (QED) is 0.729. The molecule has 3 N–H and O–H groups in total. The van der Waals surface area contributed by atoms with Gasteiger partial charge in [-0.05, 0) is 55.6 Å². The molecular weight excluding hydrogens is 340 g/mol. The first-order chi connectivity index (χ1) is 12.5. The van der Waals surface area contributed by atoms with E-state index in [1.54, 1.807) is 0 Å². The predicted octanol–water partition coefficient (Wildman–Crippen LogP) is 0.792. The number of hydrogen-bond donors (Lipinski definition) is 3. The van der Waals surface area contributed by atoms with E-state index in [4.69, 9.17) is 0 Å². The van der Waals surface area contributed by atoms with Gasteiger partial charge in [-0.3, -0.25) is 0 Å². The summed E-state index contributed by atoms with van der Waals surface area (Å²) >= 11 is 0. The van der Waals surface area contributed by atoms with Crippen molar-refractivity contribution in [1.29, 1.82) is 0 Å². The zero-order valence-corrected chi connectivity index (χ0v) is 13.9. The van der Waals surface area contributed by atoms with Crippen LogP contribution in [0.15, 0.2) is 12.1 Å². The Morgan fingerprint density at radius 3 is 2.27 bits per heavy atom. The van der Waals surface area contributed by atoms with E-state index in [1.165, 1.54) is 16.8 Å². The third-order valence-electron chi connectivity index (χ3n) is 5.49. The van der Waals surface area contributed by atoms with E-state index in [-0.39, 0.29) is 18.0 Å². The number of carboxylic acids is 2. The average Bonchev–Trinajstić information content (AvgIpc) is 3.12. The number of aromatic nitrogens is 4. The van der Waals surface area contributed by atoms with Gasteiger partial charge in [-0.2, -0.15) is 0 Å². The summed E-state index contributed by atoms with van der Waals surface area (Å²) in [6, 6.07) is 2.61. The topological polar surface area (TPSA) is 138 Å². The Bertz CT molecular complexity index is 861. The molecule has 0 saturated heterocycles. The number of pyridine rings is 1. The molecule has 3 atom stereocenters. The van der Waals surface area contributed by atoms with Gasteiger partial charge < -0.3 is 15.3 Å². The molecular formula is C17H18N4O5. The highest BCUT2D eigenvalue weighted by atomic mass is 16.4. The Balaban J connectivity index is 1.72. The molecule has 9 heteroatoms. The van der Waals surface area contributed by atoms with Gasteiger partial charge >= 0.3 is 11.9 Å². The fraction of sp³-hybridized carbons (Fsp3) is 0.471. The van der Waals surface area contributed by atoms with Crippen LogP contribution in [-0.2, 0) is 12.8 Å². The van der Waals surface area contributed by atoms with Gasteiger partial charge in [0.25, 0.3) is 0 Å². The normalized spacial score (nSPS) is 24.1. The van der Waals surface area contributed by atoms with Gasteiger partial charge in [0, 0.05) is 6.61 Å². The minimum Gasteiger partial charge on any atom is -0.477 e. The summed E-state index contributed by atoms with van der Waals surface area (Å²) in [5.41, 5.74) is 1.34. The molecule has 0 aliphatic heterocycles. The molecule has 4 rings (SSSR count). The Morgan fingerprint density at radius 1 is 1.08 bits per heavy atom. The van der Waals surface area contributed by atoms with Crippen molar-refractivity contribution in [2.24, 2.45) is 17.8 Å². The van der Waals surface area contributed by atoms with Crippen LogP contribution in [0.25, 0.3) is 5.69 Å². The van der Waals surface area contributed by atoms with Crippen molar-refractivity contribution in [1.82, 2.24) is 20.0 Å². The maximum absolute atomic E-state index is 11.3. The lowest BCUT2D eigenvalue weighted by Crippen LogP contribution is -2.12. The zero-order chi connectivity index (χ0) is 18.4. The van der Waals surface area contributed by atoms with E-state index in [0.29, 0.717) is 29.9 Å². The second kappa shape index (κ2) is 6.17. The standard InChI is InChI=1S/C17H18N4O5/c22-7-11-9-1-3-12-15(4-2-10(9)11)21(20-19-12)8-5-13(16(23)24)18-14(6-8)17(25)26/h5-6,9-11,22H,1-4,7H2,(H,23,24)(H,25,26). The molecule has 0 amide bonds. The number of hydrogen-bond acceptors (Lipinski definition) is 6. The minimum absolute atomic E-state index is 0.208. The number of carbonyl (C=O) groups is 2. The van der Waals surface area contributed by atoms with E-state index in [1.807, 2.05) is 0 Å². The van der Waals surface area contributed by atoms with Crippen molar-refractivity contribution >= 4 is 11.9 Å². The SMILES string of the molecule is O=C(O)c1cc(-n2nnc3c2CCC2C(CO)C2CC3)cc(C(=O)O)n1. The lowest BCUT2D eigenvalue weighted by Gasteiger charge is -2.11. The van der Waals surface area contributed by atoms with Crippen molar-refractivity contribution < 1.29 is 24.9 Å². The van der Waals surface area contributed by atoms with E-state index in [9.17, 15) is 24.9 Å². The number of rotatable bonds is 4. The number of aliphatic hydroxyl groups excluding tert-OH is 1. The number of aryl methyl sites for hydroxylation is 1. The van der Waals surface area contributed by atoms with Crippen LogP contribution in [0, 0.1) is 17.8 Å². The smallest absolute Gasteiger partial charge is 0.354 e. The molecule has 2 aliphatic rings. The van der Waals surface area contributed by atoms with Crippen molar-refractivity contribution in [3.05, 3.63) is 34.9 Å². The molecule has 9 nitrogen and oxygen atoms in total. The molecule has 1 fully saturated rings. The first-order valence-corrected chi connectivity index (χ1v) is 8.53. The van der Waals surface area contributed by atoms with E-state index in [0.717, 1.165) is 30.7 Å². The fourth-order valence-corrected chi connectivity index (χ4v) is 4.10. The Labute approximate surface area is 148 Å². The summed E-state index contributed by atoms with van der Waals surface area (Å²) in [5, 5.41) is 36.2. The maximum Gasteiger partial charge on any atom is 0.354 e. The van der Waals surface area contributed by atoms with Crippen molar-refractivity contribution in [2.75, 3.05) is 6.61 Å². The van der Waals surface area contributed by atoms with Crippen LogP contribution in [0.1, 0.15) is 45.2 Å². The second-order valence-electron chi connectivity index (χ2n) is 6.85. The molecule has 2 aliphatic carbocycles. The molecule has 0 aromatic carbocycles. The minimum atomic E-state index is -1.30. The van der Waals surface area contributed by atoms with Crippen molar-refractivity contribution in [3.8, 4) is 5.69 Å². The van der Waals surface area contributed by atoms with Crippen LogP contribution in [0.3, 0.4) is 0 Å². The first kappa shape index (κ1) is 16.6. The van der Waals surface area contributed by atoms with Gasteiger partial charge in [0.1, 0.15) is 0 Å². The van der Waals surface area contributed by atoms with Gasteiger partial charge in [0.15, 0.2) is 11.4 Å². The number of carboxylic acid groups (broad SMARTS) is 2. The Morgan fingerprint density at radius 2 is 1.69 bits per heavy atom. The number of aliphatic hydroxyl groups is 1. The second-order valence-corrected chi connectivity index (χ2v) is 6.85. The lowest BCUT2D eigenvalue weighted by atomic mass is 10.0. The molecule has 26 heavy (non-hydrogen) atoms. The fourth-order valence-electron chi connectivity index (χ4n) is 4.10. The van der Waals surface area contributed by atoms with Gasteiger partial charge in [-0.25, -0.2) is 19.3 Å². The molecule has 2 aromatic rings. The van der Waals surface area contributed by atoms with Crippen LogP contribution >= 0.6 is 0 Å². The zero-order valence-electron chi connectivity index (χ0n) is 13.9. The van der Waals surface area contributed by atoms with Crippen molar-refractivity contribution in [2.45, 2.75) is 25.7 Å². The van der Waals surface area contributed by atoms with Crippen LogP contribution in [0.4, 0.5) is 0 Å². The molecule has 2 aromatic heterocycles. The maximum atomic E-state index is 11.3. The molecule has 2 heterocycles. The third kappa shape index (κ3) is 2.74. The van der Waals surface area contributed by atoms with Gasteiger partial charge in [-0.15, -0.1) is 5.10 Å². The summed E-state index contributed by atoms with van der Waals surface area (Å²) in [6.45, 7) is 0.208. The van der Waals surface area contributed by atoms with Crippen LogP contribution in [-0.4, -0.2) is 53.8 Å².